The van der Waals surface area contributed by atoms with E-state index in [1.54, 1.807) is 11.9 Å². The molecule has 0 spiro atoms. The Morgan fingerprint density at radius 3 is 3.05 bits per heavy atom. The molecule has 0 aliphatic carbocycles. The molecule has 2 aliphatic rings. The van der Waals surface area contributed by atoms with E-state index in [-0.39, 0.29) is 17.9 Å². The van der Waals surface area contributed by atoms with Gasteiger partial charge in [0.15, 0.2) is 0 Å². The molecule has 5 heteroatoms. The average Bonchev–Trinajstić information content (AvgIpc) is 2.99. The predicted octanol–water partition coefficient (Wildman–Crippen LogP) is 0.896. The van der Waals surface area contributed by atoms with Crippen molar-refractivity contribution in [1.29, 1.82) is 0 Å². The first kappa shape index (κ1) is 12.2. The molecule has 2 N–H and O–H groups in total. The monoisotopic (exact) mass is 259 g/mol. The maximum atomic E-state index is 12.0. The molecule has 1 fully saturated rings. The molecule has 19 heavy (non-hydrogen) atoms. The minimum Gasteiger partial charge on any atom is -0.325 e. The molecule has 3 rings (SSSR count). The fourth-order valence-electron chi connectivity index (χ4n) is 2.69. The second-order valence-corrected chi connectivity index (χ2v) is 5.11. The predicted molar refractivity (Wildman–Crippen MR) is 73.2 cm³/mol. The summed E-state index contributed by atoms with van der Waals surface area (Å²) in [5.41, 5.74) is 2.67. The number of amides is 2. The highest BCUT2D eigenvalue weighted by molar-refractivity contribution is 6.02. The van der Waals surface area contributed by atoms with Crippen molar-refractivity contribution >= 4 is 23.2 Å². The molecule has 0 saturated carbocycles. The Kier molecular flexibility index (Phi) is 2.98. The average molecular weight is 259 g/mol. The van der Waals surface area contributed by atoms with Gasteiger partial charge in [-0.1, -0.05) is 0 Å². The Hall–Kier alpha value is -1.88. The van der Waals surface area contributed by atoms with Gasteiger partial charge in [-0.2, -0.15) is 0 Å². The van der Waals surface area contributed by atoms with Gasteiger partial charge in [0.2, 0.25) is 11.8 Å². The molecular formula is C14H17N3O2. The van der Waals surface area contributed by atoms with E-state index in [1.165, 1.54) is 0 Å². The lowest BCUT2D eigenvalue weighted by Gasteiger charge is -2.13. The van der Waals surface area contributed by atoms with Crippen LogP contribution in [0.25, 0.3) is 0 Å². The van der Waals surface area contributed by atoms with Crippen LogP contribution >= 0.6 is 0 Å². The summed E-state index contributed by atoms with van der Waals surface area (Å²) in [7, 11) is 1.77. The van der Waals surface area contributed by atoms with Gasteiger partial charge >= 0.3 is 0 Å². The van der Waals surface area contributed by atoms with Gasteiger partial charge in [0.05, 0.1) is 12.5 Å². The molecule has 2 amide bonds. The van der Waals surface area contributed by atoms with Crippen molar-refractivity contribution in [3.05, 3.63) is 23.8 Å². The normalized spacial score (nSPS) is 21.6. The molecule has 0 bridgehead atoms. The summed E-state index contributed by atoms with van der Waals surface area (Å²) in [6, 6.07) is 5.54. The van der Waals surface area contributed by atoms with E-state index in [1.807, 2.05) is 18.2 Å². The van der Waals surface area contributed by atoms with Crippen LogP contribution in [-0.4, -0.2) is 31.4 Å². The lowest BCUT2D eigenvalue weighted by atomic mass is 10.1. The molecule has 2 heterocycles. The molecule has 100 valence electrons. The maximum absolute atomic E-state index is 12.0. The number of carbonyl (C=O) groups excluding carboxylic acids is 2. The lowest BCUT2D eigenvalue weighted by Crippen LogP contribution is -2.35. The van der Waals surface area contributed by atoms with E-state index >= 15 is 0 Å². The van der Waals surface area contributed by atoms with Gasteiger partial charge in [0.1, 0.15) is 0 Å². The minimum atomic E-state index is -0.0856. The highest BCUT2D eigenvalue weighted by Crippen LogP contribution is 2.30. The summed E-state index contributed by atoms with van der Waals surface area (Å²) >= 11 is 0. The quantitative estimate of drug-likeness (QED) is 0.829. The standard InChI is InChI=1S/C14H17N3O2/c1-17-12-5-4-10(7-9(12)8-13(17)18)16-14(19)11-3-2-6-15-11/h4-5,7,11,15H,2-3,6,8H2,1H3,(H,16,19). The largest absolute Gasteiger partial charge is 0.325 e. The van der Waals surface area contributed by atoms with E-state index in [4.69, 9.17) is 0 Å². The Morgan fingerprint density at radius 2 is 2.32 bits per heavy atom. The Morgan fingerprint density at radius 1 is 1.47 bits per heavy atom. The van der Waals surface area contributed by atoms with Gasteiger partial charge in [-0.05, 0) is 43.1 Å². The Balaban J connectivity index is 1.75. The number of hydrogen-bond donors (Lipinski definition) is 2. The van der Waals surface area contributed by atoms with Gasteiger partial charge in [-0.25, -0.2) is 0 Å². The van der Waals surface area contributed by atoms with Crippen molar-refractivity contribution in [2.75, 3.05) is 23.8 Å². The smallest absolute Gasteiger partial charge is 0.241 e. The van der Waals surface area contributed by atoms with Crippen LogP contribution < -0.4 is 15.5 Å². The topological polar surface area (TPSA) is 61.4 Å². The number of nitrogens with one attached hydrogen (secondary N) is 2. The molecule has 1 atom stereocenters. The molecule has 2 aliphatic heterocycles. The number of likely N-dealkylation sites (N-methyl/N-ethyl adjacent to an activating group) is 1. The van der Waals surface area contributed by atoms with Crippen LogP contribution in [0.5, 0.6) is 0 Å². The van der Waals surface area contributed by atoms with Gasteiger partial charge in [0.25, 0.3) is 0 Å². The third-order valence-electron chi connectivity index (χ3n) is 3.80. The zero-order chi connectivity index (χ0) is 13.4. The number of nitrogens with zero attached hydrogens (tertiary/aromatic N) is 1. The van der Waals surface area contributed by atoms with Gasteiger partial charge in [-0.15, -0.1) is 0 Å². The number of hydrogen-bond acceptors (Lipinski definition) is 3. The molecule has 0 aromatic heterocycles. The van der Waals surface area contributed by atoms with E-state index < -0.39 is 0 Å². The lowest BCUT2D eigenvalue weighted by molar-refractivity contribution is -0.118. The first-order valence-corrected chi connectivity index (χ1v) is 6.59. The summed E-state index contributed by atoms with van der Waals surface area (Å²) in [6.45, 7) is 0.904. The maximum Gasteiger partial charge on any atom is 0.241 e. The minimum absolute atomic E-state index is 0.00938. The summed E-state index contributed by atoms with van der Waals surface area (Å²) < 4.78 is 0. The van der Waals surface area contributed by atoms with Crippen molar-refractivity contribution in [2.45, 2.75) is 25.3 Å². The van der Waals surface area contributed by atoms with Crippen LogP contribution in [0.1, 0.15) is 18.4 Å². The number of rotatable bonds is 2. The fraction of sp³-hybridized carbons (Fsp3) is 0.429. The number of benzene rings is 1. The van der Waals surface area contributed by atoms with Crippen molar-refractivity contribution in [1.82, 2.24) is 5.32 Å². The highest BCUT2D eigenvalue weighted by Gasteiger charge is 2.25. The number of carbonyl (C=O) groups is 2. The van der Waals surface area contributed by atoms with Crippen LogP contribution in [0, 0.1) is 0 Å². The fourth-order valence-corrected chi connectivity index (χ4v) is 2.69. The van der Waals surface area contributed by atoms with Gasteiger partial charge in [-0.3, -0.25) is 9.59 Å². The third-order valence-corrected chi connectivity index (χ3v) is 3.80. The summed E-state index contributed by atoms with van der Waals surface area (Å²) in [6.07, 6.45) is 2.34. The molecule has 1 unspecified atom stereocenters. The highest BCUT2D eigenvalue weighted by atomic mass is 16.2. The zero-order valence-corrected chi connectivity index (χ0v) is 10.9. The SMILES string of the molecule is CN1C(=O)Cc2cc(NC(=O)C3CCCN3)ccc21. The Bertz CT molecular complexity index is 535. The van der Waals surface area contributed by atoms with Gasteiger partial charge in [0, 0.05) is 18.4 Å². The van der Waals surface area contributed by atoms with Gasteiger partial charge < -0.3 is 15.5 Å². The second kappa shape index (κ2) is 4.66. The van der Waals surface area contributed by atoms with Crippen molar-refractivity contribution in [3.8, 4) is 0 Å². The van der Waals surface area contributed by atoms with E-state index in [0.29, 0.717) is 6.42 Å². The van der Waals surface area contributed by atoms with E-state index in [2.05, 4.69) is 10.6 Å². The molecule has 1 aromatic carbocycles. The van der Waals surface area contributed by atoms with Crippen LogP contribution in [0.4, 0.5) is 11.4 Å². The van der Waals surface area contributed by atoms with E-state index in [0.717, 1.165) is 36.3 Å². The Labute approximate surface area is 112 Å². The van der Waals surface area contributed by atoms with E-state index in [9.17, 15) is 9.59 Å². The molecular weight excluding hydrogens is 242 g/mol. The first-order valence-electron chi connectivity index (χ1n) is 6.59. The number of fused-ring (bicyclic) bond motifs is 1. The van der Waals surface area contributed by atoms with Crippen LogP contribution in [0.3, 0.4) is 0 Å². The molecule has 5 nitrogen and oxygen atoms in total. The van der Waals surface area contributed by atoms with Crippen LogP contribution in [0.2, 0.25) is 0 Å². The zero-order valence-electron chi connectivity index (χ0n) is 10.9. The summed E-state index contributed by atoms with van der Waals surface area (Å²) in [5, 5.41) is 6.08. The van der Waals surface area contributed by atoms with Crippen LogP contribution in [0.15, 0.2) is 18.2 Å². The van der Waals surface area contributed by atoms with Crippen LogP contribution in [-0.2, 0) is 16.0 Å². The molecule has 1 saturated heterocycles. The van der Waals surface area contributed by atoms with Crippen molar-refractivity contribution < 1.29 is 9.59 Å². The van der Waals surface area contributed by atoms with Crippen molar-refractivity contribution in [2.24, 2.45) is 0 Å². The summed E-state index contributed by atoms with van der Waals surface area (Å²) in [5.74, 6) is 0.103. The molecule has 0 radical (unpaired) electrons. The third kappa shape index (κ3) is 2.21. The van der Waals surface area contributed by atoms with Crippen molar-refractivity contribution in [3.63, 3.8) is 0 Å². The number of anilines is 2. The molecule has 1 aromatic rings. The summed E-state index contributed by atoms with van der Waals surface area (Å²) in [4.78, 5) is 25.2. The first-order chi connectivity index (χ1) is 9.15. The second-order valence-electron chi connectivity index (χ2n) is 5.11.